The highest BCUT2D eigenvalue weighted by Crippen LogP contribution is 2.46. The molecule has 0 spiro atoms. The van der Waals surface area contributed by atoms with Crippen LogP contribution in [0.2, 0.25) is 0 Å². The highest BCUT2D eigenvalue weighted by Gasteiger charge is 2.37. The average Bonchev–Trinajstić information content (AvgIpc) is 2.86. The van der Waals surface area contributed by atoms with Gasteiger partial charge in [0.1, 0.15) is 0 Å². The summed E-state index contributed by atoms with van der Waals surface area (Å²) in [6.07, 6.45) is 21.2. The third-order valence-electron chi connectivity index (χ3n) is 4.98. The second kappa shape index (κ2) is 7.16. The second-order valence-electron chi connectivity index (χ2n) is 6.22. The van der Waals surface area contributed by atoms with Gasteiger partial charge in [0.25, 0.3) is 0 Å². The molecule has 2 rings (SSSR count). The monoisotopic (exact) mass is 246 g/mol. The molecule has 1 saturated carbocycles. The summed E-state index contributed by atoms with van der Waals surface area (Å²) in [6.45, 7) is 4.56. The van der Waals surface area contributed by atoms with Gasteiger partial charge in [-0.3, -0.25) is 0 Å². The highest BCUT2D eigenvalue weighted by atomic mass is 14.4. The molecule has 0 bridgehead atoms. The van der Waals surface area contributed by atoms with Crippen molar-refractivity contribution in [2.75, 3.05) is 0 Å². The van der Waals surface area contributed by atoms with Gasteiger partial charge in [0.05, 0.1) is 0 Å². The van der Waals surface area contributed by atoms with E-state index in [9.17, 15) is 0 Å². The van der Waals surface area contributed by atoms with Crippen molar-refractivity contribution in [3.63, 3.8) is 0 Å². The lowest BCUT2D eigenvalue weighted by atomic mass is 9.69. The van der Waals surface area contributed by atoms with Crippen molar-refractivity contribution in [1.29, 1.82) is 0 Å². The van der Waals surface area contributed by atoms with Gasteiger partial charge in [-0.25, -0.2) is 0 Å². The van der Waals surface area contributed by atoms with Gasteiger partial charge < -0.3 is 0 Å². The molecule has 102 valence electrons. The van der Waals surface area contributed by atoms with Crippen LogP contribution >= 0.6 is 0 Å². The maximum Gasteiger partial charge on any atom is -0.00222 e. The normalized spacial score (nSPS) is 35.2. The van der Waals surface area contributed by atoms with E-state index >= 15 is 0 Å². The average molecular weight is 246 g/mol. The van der Waals surface area contributed by atoms with Gasteiger partial charge >= 0.3 is 0 Å². The molecule has 2 aliphatic rings. The van der Waals surface area contributed by atoms with E-state index in [-0.39, 0.29) is 0 Å². The van der Waals surface area contributed by atoms with E-state index in [2.05, 4.69) is 38.2 Å². The smallest absolute Gasteiger partial charge is 0.00222 e. The Kier molecular flexibility index (Phi) is 5.53. The Morgan fingerprint density at radius 3 is 2.78 bits per heavy atom. The van der Waals surface area contributed by atoms with Crippen LogP contribution in [-0.4, -0.2) is 0 Å². The van der Waals surface area contributed by atoms with Gasteiger partial charge in [0.15, 0.2) is 0 Å². The predicted octanol–water partition coefficient (Wildman–Crippen LogP) is 5.75. The molecule has 0 aromatic rings. The molecule has 0 nitrogen and oxygen atoms in total. The zero-order valence-electron chi connectivity index (χ0n) is 12.3. The van der Waals surface area contributed by atoms with E-state index in [0.717, 1.165) is 23.7 Å². The number of fused-ring (bicyclic) bond motifs is 1. The molecule has 4 unspecified atom stereocenters. The van der Waals surface area contributed by atoms with Gasteiger partial charge in [-0.2, -0.15) is 0 Å². The lowest BCUT2D eigenvalue weighted by Gasteiger charge is -2.35. The molecule has 18 heavy (non-hydrogen) atoms. The number of rotatable bonds is 6. The molecular formula is C18H30. The quantitative estimate of drug-likeness (QED) is 0.413. The summed E-state index contributed by atoms with van der Waals surface area (Å²) in [5, 5.41) is 0. The van der Waals surface area contributed by atoms with Crippen LogP contribution in [-0.2, 0) is 0 Å². The fraction of sp³-hybridized carbons (Fsp3) is 0.778. The van der Waals surface area contributed by atoms with Crippen LogP contribution in [0.3, 0.4) is 0 Å². The third-order valence-corrected chi connectivity index (χ3v) is 4.98. The largest absolute Gasteiger partial charge is 0.0882 e. The minimum atomic E-state index is 0.737. The standard InChI is InChI=1S/C18H30/c1-3-5-7-11-17-15(9-6-4-2)13-14-16-10-8-12-18(16)17/h6,9,13-18H,3-5,7-8,10-12H2,1-2H3/b9-6+. The van der Waals surface area contributed by atoms with E-state index in [1.807, 2.05) is 0 Å². The van der Waals surface area contributed by atoms with Gasteiger partial charge in [-0.15, -0.1) is 0 Å². The van der Waals surface area contributed by atoms with Crippen molar-refractivity contribution in [2.45, 2.75) is 65.2 Å². The third kappa shape index (κ3) is 3.28. The fourth-order valence-corrected chi connectivity index (χ4v) is 4.02. The Bertz CT molecular complexity index is 286. The molecular weight excluding hydrogens is 216 g/mol. The summed E-state index contributed by atoms with van der Waals surface area (Å²) < 4.78 is 0. The maximum absolute atomic E-state index is 2.54. The Morgan fingerprint density at radius 2 is 2.00 bits per heavy atom. The molecule has 0 radical (unpaired) electrons. The lowest BCUT2D eigenvalue weighted by molar-refractivity contribution is 0.221. The summed E-state index contributed by atoms with van der Waals surface area (Å²) in [4.78, 5) is 0. The van der Waals surface area contributed by atoms with Crippen LogP contribution in [0.5, 0.6) is 0 Å². The molecule has 0 N–H and O–H groups in total. The van der Waals surface area contributed by atoms with Gasteiger partial charge in [-0.05, 0) is 49.4 Å². The van der Waals surface area contributed by atoms with E-state index in [4.69, 9.17) is 0 Å². The molecule has 2 aliphatic carbocycles. The zero-order chi connectivity index (χ0) is 12.8. The first-order valence-electron chi connectivity index (χ1n) is 8.21. The second-order valence-corrected chi connectivity index (χ2v) is 6.22. The molecule has 1 fully saturated rings. The molecule has 4 atom stereocenters. The van der Waals surface area contributed by atoms with Crippen LogP contribution in [0.25, 0.3) is 0 Å². The van der Waals surface area contributed by atoms with Crippen LogP contribution in [0.1, 0.15) is 65.2 Å². The zero-order valence-corrected chi connectivity index (χ0v) is 12.3. The fourth-order valence-electron chi connectivity index (χ4n) is 4.02. The summed E-state index contributed by atoms with van der Waals surface area (Å²) in [7, 11) is 0. The first-order chi connectivity index (χ1) is 8.86. The van der Waals surface area contributed by atoms with Gasteiger partial charge in [-0.1, -0.05) is 63.8 Å². The molecule has 0 aromatic heterocycles. The van der Waals surface area contributed by atoms with E-state index < -0.39 is 0 Å². The summed E-state index contributed by atoms with van der Waals surface area (Å²) in [6, 6.07) is 0. The topological polar surface area (TPSA) is 0 Å². The minimum absolute atomic E-state index is 0.737. The van der Waals surface area contributed by atoms with Crippen molar-refractivity contribution in [2.24, 2.45) is 23.7 Å². The summed E-state index contributed by atoms with van der Waals surface area (Å²) in [5.41, 5.74) is 0. The Labute approximate surface area is 114 Å². The molecule has 0 heterocycles. The first-order valence-corrected chi connectivity index (χ1v) is 8.21. The molecule has 0 aromatic carbocycles. The van der Waals surface area contributed by atoms with Crippen molar-refractivity contribution < 1.29 is 0 Å². The van der Waals surface area contributed by atoms with Crippen molar-refractivity contribution >= 4 is 0 Å². The summed E-state index contributed by atoms with van der Waals surface area (Å²) >= 11 is 0. The van der Waals surface area contributed by atoms with E-state index in [1.165, 1.54) is 51.4 Å². The molecule has 0 heteroatoms. The first kappa shape index (κ1) is 13.9. The number of hydrogen-bond donors (Lipinski definition) is 0. The van der Waals surface area contributed by atoms with Crippen LogP contribution in [0.15, 0.2) is 24.3 Å². The molecule has 0 saturated heterocycles. The Hall–Kier alpha value is -0.520. The highest BCUT2D eigenvalue weighted by molar-refractivity contribution is 5.12. The number of allylic oxidation sites excluding steroid dienone is 4. The number of hydrogen-bond acceptors (Lipinski definition) is 0. The van der Waals surface area contributed by atoms with Crippen LogP contribution in [0, 0.1) is 23.7 Å². The summed E-state index contributed by atoms with van der Waals surface area (Å²) in [5.74, 6) is 3.60. The Morgan fingerprint density at radius 1 is 1.11 bits per heavy atom. The van der Waals surface area contributed by atoms with E-state index in [0.29, 0.717) is 0 Å². The number of unbranched alkanes of at least 4 members (excludes halogenated alkanes) is 2. The predicted molar refractivity (Wildman–Crippen MR) is 80.5 cm³/mol. The minimum Gasteiger partial charge on any atom is -0.0882 e. The van der Waals surface area contributed by atoms with Crippen LogP contribution in [0.4, 0.5) is 0 Å². The van der Waals surface area contributed by atoms with Crippen molar-refractivity contribution in [3.8, 4) is 0 Å². The molecule has 0 aliphatic heterocycles. The SMILES string of the molecule is CC/C=C/C1C=CC2CCCC2C1CCCCC. The maximum atomic E-state index is 2.54. The molecule has 0 amide bonds. The lowest BCUT2D eigenvalue weighted by Crippen LogP contribution is -2.27. The van der Waals surface area contributed by atoms with Gasteiger partial charge in [0.2, 0.25) is 0 Å². The van der Waals surface area contributed by atoms with Crippen LogP contribution < -0.4 is 0 Å². The van der Waals surface area contributed by atoms with Crippen molar-refractivity contribution in [1.82, 2.24) is 0 Å². The van der Waals surface area contributed by atoms with Crippen molar-refractivity contribution in [3.05, 3.63) is 24.3 Å². The van der Waals surface area contributed by atoms with E-state index in [1.54, 1.807) is 0 Å². The Balaban J connectivity index is 2.01. The van der Waals surface area contributed by atoms with Gasteiger partial charge in [0, 0.05) is 0 Å².